The van der Waals surface area contributed by atoms with E-state index < -0.39 is 17.6 Å². The molecule has 7 heteroatoms. The Bertz CT molecular complexity index is 499. The van der Waals surface area contributed by atoms with Crippen LogP contribution in [0.15, 0.2) is 18.2 Å². The second-order valence-corrected chi connectivity index (χ2v) is 5.67. The lowest BCUT2D eigenvalue weighted by molar-refractivity contribution is -0.138. The molecule has 0 spiro atoms. The molecule has 1 heterocycles. The van der Waals surface area contributed by atoms with E-state index in [1.165, 1.54) is 0 Å². The van der Waals surface area contributed by atoms with E-state index in [-0.39, 0.29) is 24.1 Å². The van der Waals surface area contributed by atoms with Crippen molar-refractivity contribution in [2.24, 2.45) is 5.41 Å². The minimum Gasteiger partial charge on any atom is -0.396 e. The van der Waals surface area contributed by atoms with Crippen molar-refractivity contribution >= 4 is 0 Å². The van der Waals surface area contributed by atoms with Crippen molar-refractivity contribution in [1.29, 1.82) is 0 Å². The molecule has 0 unspecified atom stereocenters. The van der Waals surface area contributed by atoms with Crippen LogP contribution >= 0.6 is 0 Å². The molecule has 1 saturated heterocycles. The summed E-state index contributed by atoms with van der Waals surface area (Å²) in [5.74, 6) is -0.910. The van der Waals surface area contributed by atoms with Gasteiger partial charge in [0.05, 0.1) is 12.2 Å². The Morgan fingerprint density at radius 1 is 1.23 bits per heavy atom. The summed E-state index contributed by atoms with van der Waals surface area (Å²) >= 11 is 0. The maximum atomic E-state index is 13.0. The molecular formula is C15H19F4NO2. The van der Waals surface area contributed by atoms with Crippen molar-refractivity contribution in [3.05, 3.63) is 35.1 Å². The molecule has 22 heavy (non-hydrogen) atoms. The monoisotopic (exact) mass is 321 g/mol. The van der Waals surface area contributed by atoms with Crippen LogP contribution in [0.3, 0.4) is 0 Å². The van der Waals surface area contributed by atoms with Crippen LogP contribution in [0.5, 0.6) is 0 Å². The SMILES string of the molecule is OCC1(CNCc2ccc(F)cc2C(F)(F)F)CCOCC1. The maximum Gasteiger partial charge on any atom is 0.416 e. The molecule has 1 aliphatic rings. The summed E-state index contributed by atoms with van der Waals surface area (Å²) in [6.45, 7) is 1.39. The molecule has 3 nitrogen and oxygen atoms in total. The first kappa shape index (κ1) is 17.2. The largest absolute Gasteiger partial charge is 0.416 e. The molecule has 124 valence electrons. The lowest BCUT2D eigenvalue weighted by Crippen LogP contribution is -2.41. The predicted molar refractivity (Wildman–Crippen MR) is 72.7 cm³/mol. The molecule has 0 atom stereocenters. The minimum absolute atomic E-state index is 0.00551. The van der Waals surface area contributed by atoms with Crippen LogP contribution in [0, 0.1) is 11.2 Å². The lowest BCUT2D eigenvalue weighted by atomic mass is 9.81. The quantitative estimate of drug-likeness (QED) is 0.820. The molecule has 0 saturated carbocycles. The molecule has 1 aromatic carbocycles. The van der Waals surface area contributed by atoms with Crippen molar-refractivity contribution < 1.29 is 27.4 Å². The average Bonchev–Trinajstić information content (AvgIpc) is 2.49. The molecule has 0 bridgehead atoms. The Hall–Kier alpha value is -1.18. The van der Waals surface area contributed by atoms with Crippen molar-refractivity contribution in [2.45, 2.75) is 25.6 Å². The second kappa shape index (κ2) is 6.93. The molecule has 0 aromatic heterocycles. The van der Waals surface area contributed by atoms with Crippen LogP contribution in [-0.4, -0.2) is 31.5 Å². The van der Waals surface area contributed by atoms with Gasteiger partial charge in [0, 0.05) is 31.7 Å². The minimum atomic E-state index is -4.59. The van der Waals surface area contributed by atoms with E-state index in [4.69, 9.17) is 4.74 Å². The highest BCUT2D eigenvalue weighted by Crippen LogP contribution is 2.33. The summed E-state index contributed by atoms with van der Waals surface area (Å²) < 4.78 is 57.0. The first-order valence-corrected chi connectivity index (χ1v) is 7.11. The number of benzene rings is 1. The molecule has 2 N–H and O–H groups in total. The van der Waals surface area contributed by atoms with Gasteiger partial charge >= 0.3 is 6.18 Å². The third kappa shape index (κ3) is 4.18. The predicted octanol–water partition coefficient (Wildman–Crippen LogP) is 2.72. The fourth-order valence-electron chi connectivity index (χ4n) is 2.62. The molecule has 1 aromatic rings. The van der Waals surface area contributed by atoms with Gasteiger partial charge in [-0.2, -0.15) is 13.2 Å². The standard InChI is InChI=1S/C15H19F4NO2/c16-12-2-1-11(13(7-12)15(17,18)19)8-20-9-14(10-21)3-5-22-6-4-14/h1-2,7,20-21H,3-6,8-10H2. The Labute approximate surface area is 126 Å². The Morgan fingerprint density at radius 2 is 1.91 bits per heavy atom. The van der Waals surface area contributed by atoms with Crippen LogP contribution in [0.4, 0.5) is 17.6 Å². The Kier molecular flexibility index (Phi) is 5.41. The lowest BCUT2D eigenvalue weighted by Gasteiger charge is -2.35. The highest BCUT2D eigenvalue weighted by Gasteiger charge is 2.34. The van der Waals surface area contributed by atoms with E-state index in [9.17, 15) is 22.7 Å². The van der Waals surface area contributed by atoms with Gasteiger partial charge in [0.25, 0.3) is 0 Å². The number of nitrogens with one attached hydrogen (secondary N) is 1. The van der Waals surface area contributed by atoms with Gasteiger partial charge in [-0.05, 0) is 30.5 Å². The number of hydrogen-bond donors (Lipinski definition) is 2. The summed E-state index contributed by atoms with van der Waals surface area (Å²) in [4.78, 5) is 0. The molecular weight excluding hydrogens is 302 g/mol. The number of hydrogen-bond acceptors (Lipinski definition) is 3. The first-order valence-electron chi connectivity index (χ1n) is 7.11. The normalized spacial score (nSPS) is 18.4. The van der Waals surface area contributed by atoms with Gasteiger partial charge in [-0.1, -0.05) is 6.07 Å². The number of rotatable bonds is 5. The fraction of sp³-hybridized carbons (Fsp3) is 0.600. The summed E-state index contributed by atoms with van der Waals surface area (Å²) in [7, 11) is 0. The number of alkyl halides is 3. The van der Waals surface area contributed by atoms with Gasteiger partial charge < -0.3 is 15.2 Å². The number of aliphatic hydroxyl groups excluding tert-OH is 1. The van der Waals surface area contributed by atoms with Crippen molar-refractivity contribution in [3.63, 3.8) is 0 Å². The third-order valence-corrected chi connectivity index (χ3v) is 4.08. The Balaban J connectivity index is 2.02. The molecule has 1 fully saturated rings. The zero-order valence-electron chi connectivity index (χ0n) is 12.0. The number of aliphatic hydroxyl groups is 1. The van der Waals surface area contributed by atoms with Crippen molar-refractivity contribution in [2.75, 3.05) is 26.4 Å². The zero-order valence-corrected chi connectivity index (χ0v) is 12.0. The first-order chi connectivity index (χ1) is 10.4. The molecule has 0 radical (unpaired) electrons. The van der Waals surface area contributed by atoms with Gasteiger partial charge in [0.2, 0.25) is 0 Å². The summed E-state index contributed by atoms with van der Waals surface area (Å²) in [6.07, 6.45) is -3.27. The van der Waals surface area contributed by atoms with Gasteiger partial charge in [0.1, 0.15) is 5.82 Å². The average molecular weight is 321 g/mol. The van der Waals surface area contributed by atoms with Crippen molar-refractivity contribution in [3.8, 4) is 0 Å². The van der Waals surface area contributed by atoms with Gasteiger partial charge in [-0.15, -0.1) is 0 Å². The Morgan fingerprint density at radius 3 is 2.50 bits per heavy atom. The maximum absolute atomic E-state index is 13.0. The van der Waals surface area contributed by atoms with E-state index in [1.54, 1.807) is 0 Å². The van der Waals surface area contributed by atoms with Crippen LogP contribution in [0.25, 0.3) is 0 Å². The summed E-state index contributed by atoms with van der Waals surface area (Å²) in [6, 6.07) is 2.66. The van der Waals surface area contributed by atoms with Crippen LogP contribution in [-0.2, 0) is 17.5 Å². The van der Waals surface area contributed by atoms with Gasteiger partial charge in [0.15, 0.2) is 0 Å². The van der Waals surface area contributed by atoms with E-state index in [0.29, 0.717) is 38.7 Å². The van der Waals surface area contributed by atoms with E-state index in [1.807, 2.05) is 0 Å². The molecule has 0 amide bonds. The smallest absolute Gasteiger partial charge is 0.396 e. The summed E-state index contributed by atoms with van der Waals surface area (Å²) in [5.41, 5.74) is -1.34. The van der Waals surface area contributed by atoms with Gasteiger partial charge in [-0.25, -0.2) is 4.39 Å². The number of halogens is 4. The van der Waals surface area contributed by atoms with E-state index in [2.05, 4.69) is 5.32 Å². The molecule has 0 aliphatic carbocycles. The molecule has 1 aliphatic heterocycles. The third-order valence-electron chi connectivity index (χ3n) is 4.08. The topological polar surface area (TPSA) is 41.5 Å². The number of ether oxygens (including phenoxy) is 1. The summed E-state index contributed by atoms with van der Waals surface area (Å²) in [5, 5.41) is 12.5. The van der Waals surface area contributed by atoms with E-state index in [0.717, 1.165) is 12.1 Å². The van der Waals surface area contributed by atoms with Crippen LogP contribution in [0.1, 0.15) is 24.0 Å². The zero-order chi connectivity index (χ0) is 16.2. The highest BCUT2D eigenvalue weighted by molar-refractivity contribution is 5.30. The second-order valence-electron chi connectivity index (χ2n) is 5.67. The van der Waals surface area contributed by atoms with Crippen LogP contribution < -0.4 is 5.32 Å². The fourth-order valence-corrected chi connectivity index (χ4v) is 2.62. The molecule has 2 rings (SSSR count). The van der Waals surface area contributed by atoms with Crippen LogP contribution in [0.2, 0.25) is 0 Å². The van der Waals surface area contributed by atoms with Crippen molar-refractivity contribution in [1.82, 2.24) is 5.32 Å². The van der Waals surface area contributed by atoms with Gasteiger partial charge in [-0.3, -0.25) is 0 Å². The van der Waals surface area contributed by atoms with E-state index >= 15 is 0 Å². The highest BCUT2D eigenvalue weighted by atomic mass is 19.4.